The van der Waals surface area contributed by atoms with E-state index in [1.807, 2.05) is 0 Å². The minimum Gasteiger partial charge on any atom is -0.637 e. The van der Waals surface area contributed by atoms with Crippen LogP contribution in [0.15, 0.2) is 0 Å². The molecule has 0 rings (SSSR count). The maximum Gasteiger partial charge on any atom is 0.0799 e. The zero-order valence-electron chi connectivity index (χ0n) is 12.1. The second-order valence-electron chi connectivity index (χ2n) is 5.94. The van der Waals surface area contributed by atoms with E-state index in [-0.39, 0.29) is 74.6 Å². The van der Waals surface area contributed by atoms with E-state index in [1.165, 1.54) is 0 Å². The topological polar surface area (TPSA) is 23.3 Å². The molecule has 7 heteroatoms. The van der Waals surface area contributed by atoms with Crippen LogP contribution in [0.5, 0.6) is 0 Å². The fourth-order valence-corrected chi connectivity index (χ4v) is 4.74. The van der Waals surface area contributed by atoms with Crippen molar-refractivity contribution in [2.24, 2.45) is 0 Å². The molecule has 0 saturated heterocycles. The molecular formula is C10H27Cl3NOSiZr-. The van der Waals surface area contributed by atoms with Crippen molar-refractivity contribution in [1.82, 2.24) is 0 Å². The Morgan fingerprint density at radius 3 is 1.29 bits per heavy atom. The normalized spacial score (nSPS) is 11.3. The molecule has 0 aromatic heterocycles. The first-order valence-corrected chi connectivity index (χ1v) is 7.71. The molecule has 108 valence electrons. The summed E-state index contributed by atoms with van der Waals surface area (Å²) >= 11 is 0. The van der Waals surface area contributed by atoms with E-state index in [0.717, 1.165) is 0 Å². The summed E-state index contributed by atoms with van der Waals surface area (Å²) in [5.41, 5.74) is -0.0640. The molecule has 2 nitrogen and oxygen atoms in total. The third-order valence-corrected chi connectivity index (χ3v) is 3.48. The van der Waals surface area contributed by atoms with Gasteiger partial charge in [0.1, 0.15) is 0 Å². The quantitative estimate of drug-likeness (QED) is 0.600. The Hall–Kier alpha value is 1.89. The predicted octanol–water partition coefficient (Wildman–Crippen LogP) is 4.94. The molecule has 0 aliphatic heterocycles. The van der Waals surface area contributed by atoms with Gasteiger partial charge >= 0.3 is 0 Å². The summed E-state index contributed by atoms with van der Waals surface area (Å²) < 4.78 is 5.97. The minimum atomic E-state index is -1.85. The summed E-state index contributed by atoms with van der Waals surface area (Å²) in [6, 6.07) is 0. The number of halogens is 3. The summed E-state index contributed by atoms with van der Waals surface area (Å²) in [6.07, 6.45) is 0. The van der Waals surface area contributed by atoms with Gasteiger partial charge in [-0.25, -0.2) is 0 Å². The van der Waals surface area contributed by atoms with Crippen LogP contribution in [0.1, 0.15) is 41.5 Å². The van der Waals surface area contributed by atoms with Gasteiger partial charge in [-0.2, -0.15) is 0 Å². The van der Waals surface area contributed by atoms with Crippen molar-refractivity contribution >= 4 is 45.7 Å². The molecule has 0 heterocycles. The molecular weight excluding hydrogens is 376 g/mol. The first kappa shape index (κ1) is 31.3. The average Bonchev–Trinajstić information content (AvgIpc) is 1.43. The van der Waals surface area contributed by atoms with Gasteiger partial charge in [0.25, 0.3) is 0 Å². The van der Waals surface area contributed by atoms with Crippen molar-refractivity contribution in [1.29, 1.82) is 0 Å². The van der Waals surface area contributed by atoms with Crippen molar-refractivity contribution in [3.05, 3.63) is 4.98 Å². The summed E-state index contributed by atoms with van der Waals surface area (Å²) in [5, 5.41) is 0. The van der Waals surface area contributed by atoms with Gasteiger partial charge in [0, 0.05) is 31.8 Å². The second-order valence-corrected chi connectivity index (χ2v) is 9.27. The standard InChI is InChI=1S/C10H24NOSi.3ClH.Zr/c1-9(2,3)11-13(7,8)12-10(4,5)6;;;;/h1-8H3;3*1H;/q-1;;;;. The number of hydrogen-bond donors (Lipinski definition) is 0. The molecule has 0 saturated carbocycles. The Balaban J connectivity index is -0.000000120. The molecule has 0 amide bonds. The van der Waals surface area contributed by atoms with Gasteiger partial charge < -0.3 is 9.41 Å². The van der Waals surface area contributed by atoms with Crippen molar-refractivity contribution in [3.8, 4) is 0 Å². The summed E-state index contributed by atoms with van der Waals surface area (Å²) in [4.78, 5) is 4.74. The van der Waals surface area contributed by atoms with Crippen LogP contribution in [0.3, 0.4) is 0 Å². The van der Waals surface area contributed by atoms with Gasteiger partial charge in [-0.15, -0.1) is 42.8 Å². The monoisotopic (exact) mass is 400 g/mol. The summed E-state index contributed by atoms with van der Waals surface area (Å²) in [6.45, 7) is 16.9. The van der Waals surface area contributed by atoms with Crippen LogP contribution in [-0.2, 0) is 30.6 Å². The van der Waals surface area contributed by atoms with Crippen LogP contribution in [0, 0.1) is 0 Å². The molecule has 0 aliphatic carbocycles. The van der Waals surface area contributed by atoms with Gasteiger partial charge in [-0.05, 0) is 20.8 Å². The average molecular weight is 403 g/mol. The smallest absolute Gasteiger partial charge is 0.0799 e. The number of hydrogen-bond acceptors (Lipinski definition) is 1. The third-order valence-electron chi connectivity index (χ3n) is 1.16. The van der Waals surface area contributed by atoms with Gasteiger partial charge in [0.2, 0.25) is 0 Å². The van der Waals surface area contributed by atoms with E-state index < -0.39 is 8.48 Å². The maximum absolute atomic E-state index is 5.97. The number of nitrogens with zero attached hydrogens (tertiary/aromatic N) is 1. The maximum atomic E-state index is 5.97. The Morgan fingerprint density at radius 2 is 1.12 bits per heavy atom. The molecule has 0 aromatic carbocycles. The Kier molecular flexibility index (Phi) is 19.6. The van der Waals surface area contributed by atoms with E-state index in [4.69, 9.17) is 9.41 Å². The Labute approximate surface area is 146 Å². The Bertz CT molecular complexity index is 163. The van der Waals surface area contributed by atoms with Gasteiger partial charge in [-0.1, -0.05) is 33.9 Å². The SMILES string of the molecule is CC(C)(C)[N-][Si](C)(C)OC(C)(C)C.Cl.Cl.Cl.[Zr]. The van der Waals surface area contributed by atoms with Crippen molar-refractivity contribution in [3.63, 3.8) is 0 Å². The molecule has 0 aliphatic rings. The van der Waals surface area contributed by atoms with Crippen molar-refractivity contribution < 1.29 is 30.6 Å². The molecule has 0 N–H and O–H groups in total. The predicted molar refractivity (Wildman–Crippen MR) is 83.2 cm³/mol. The van der Waals surface area contributed by atoms with E-state index >= 15 is 0 Å². The first-order chi connectivity index (χ1) is 5.41. The molecule has 0 bridgehead atoms. The van der Waals surface area contributed by atoms with Crippen LogP contribution >= 0.6 is 37.2 Å². The van der Waals surface area contributed by atoms with Crippen LogP contribution in [0.4, 0.5) is 0 Å². The van der Waals surface area contributed by atoms with Crippen LogP contribution in [0.2, 0.25) is 13.1 Å². The molecule has 0 unspecified atom stereocenters. The number of rotatable bonds is 2. The molecule has 0 aromatic rings. The summed E-state index contributed by atoms with van der Waals surface area (Å²) in [5.74, 6) is 0. The van der Waals surface area contributed by atoms with Crippen LogP contribution in [0.25, 0.3) is 4.98 Å². The van der Waals surface area contributed by atoms with Gasteiger partial charge in [0.05, 0.1) is 8.48 Å². The molecule has 0 spiro atoms. The minimum absolute atomic E-state index is 0. The van der Waals surface area contributed by atoms with Crippen LogP contribution in [-0.4, -0.2) is 19.6 Å². The largest absolute Gasteiger partial charge is 0.637 e. The van der Waals surface area contributed by atoms with Gasteiger partial charge in [0.15, 0.2) is 0 Å². The van der Waals surface area contributed by atoms with E-state index in [9.17, 15) is 0 Å². The van der Waals surface area contributed by atoms with E-state index in [2.05, 4.69) is 54.6 Å². The first-order valence-electron chi connectivity index (χ1n) is 4.86. The fraction of sp³-hybridized carbons (Fsp3) is 1.00. The Morgan fingerprint density at radius 1 is 0.824 bits per heavy atom. The molecule has 17 heavy (non-hydrogen) atoms. The zero-order chi connectivity index (χ0) is 10.9. The third kappa shape index (κ3) is 23.4. The molecule has 0 fully saturated rings. The summed E-state index contributed by atoms with van der Waals surface area (Å²) in [7, 11) is -1.85. The zero-order valence-corrected chi connectivity index (χ0v) is 18.0. The van der Waals surface area contributed by atoms with Gasteiger partial charge in [-0.3, -0.25) is 0 Å². The van der Waals surface area contributed by atoms with Crippen molar-refractivity contribution in [2.75, 3.05) is 0 Å². The van der Waals surface area contributed by atoms with Crippen LogP contribution < -0.4 is 0 Å². The molecule has 0 atom stereocenters. The van der Waals surface area contributed by atoms with Crippen molar-refractivity contribution in [2.45, 2.75) is 65.8 Å². The molecule has 0 radical (unpaired) electrons. The van der Waals surface area contributed by atoms with E-state index in [0.29, 0.717) is 0 Å². The second kappa shape index (κ2) is 10.7. The fourth-order valence-electron chi connectivity index (χ4n) is 1.58. The van der Waals surface area contributed by atoms with E-state index in [1.54, 1.807) is 0 Å².